The summed E-state index contributed by atoms with van der Waals surface area (Å²) < 4.78 is 5.00. The van der Waals surface area contributed by atoms with Gasteiger partial charge in [0, 0.05) is 30.7 Å². The Morgan fingerprint density at radius 1 is 1.36 bits per heavy atom. The van der Waals surface area contributed by atoms with Gasteiger partial charge in [0.05, 0.1) is 13.2 Å². The summed E-state index contributed by atoms with van der Waals surface area (Å²) in [6.45, 7) is 4.39. The van der Waals surface area contributed by atoms with Crippen LogP contribution in [0.25, 0.3) is 0 Å². The third-order valence-corrected chi connectivity index (χ3v) is 4.38. The molecular formula is C18H26ClN3O3. The zero-order valence-electron chi connectivity index (χ0n) is 14.8. The molecule has 7 heteroatoms. The van der Waals surface area contributed by atoms with E-state index in [1.54, 1.807) is 11.8 Å². The molecule has 0 aromatic heterocycles. The third-order valence-electron chi connectivity index (χ3n) is 4.14. The number of likely N-dealkylation sites (tertiary alicyclic amines) is 1. The fourth-order valence-electron chi connectivity index (χ4n) is 2.94. The van der Waals surface area contributed by atoms with Gasteiger partial charge in [-0.05, 0) is 44.5 Å². The van der Waals surface area contributed by atoms with Crippen molar-refractivity contribution in [2.24, 2.45) is 0 Å². The second-order valence-corrected chi connectivity index (χ2v) is 6.77. The zero-order chi connectivity index (χ0) is 18.2. The predicted octanol–water partition coefficient (Wildman–Crippen LogP) is 2.51. The maximum atomic E-state index is 12.2. The normalized spacial score (nSPS) is 15.3. The molecule has 1 aromatic carbocycles. The van der Waals surface area contributed by atoms with Crippen LogP contribution in [0.5, 0.6) is 0 Å². The SMILES string of the molecule is CCOC(=O)N1CCC(NC(=O)CN(C)Cc2cccc(Cl)c2)CC1. The highest BCUT2D eigenvalue weighted by Gasteiger charge is 2.24. The minimum atomic E-state index is -0.270. The molecule has 0 bridgehead atoms. The Hall–Kier alpha value is -1.79. The van der Waals surface area contributed by atoms with Crippen molar-refractivity contribution in [3.05, 3.63) is 34.9 Å². The first-order valence-corrected chi connectivity index (χ1v) is 8.99. The highest BCUT2D eigenvalue weighted by molar-refractivity contribution is 6.30. The molecule has 0 aliphatic carbocycles. The van der Waals surface area contributed by atoms with E-state index >= 15 is 0 Å². The van der Waals surface area contributed by atoms with E-state index in [-0.39, 0.29) is 18.0 Å². The average Bonchev–Trinajstić information content (AvgIpc) is 2.55. The number of carbonyl (C=O) groups is 2. The molecule has 138 valence electrons. The number of halogens is 1. The molecule has 1 aliphatic rings. The number of piperidine rings is 1. The summed E-state index contributed by atoms with van der Waals surface area (Å²) in [4.78, 5) is 27.5. The quantitative estimate of drug-likeness (QED) is 0.839. The lowest BCUT2D eigenvalue weighted by Gasteiger charge is -2.32. The van der Waals surface area contributed by atoms with Crippen LogP contribution in [0, 0.1) is 0 Å². The van der Waals surface area contributed by atoms with Gasteiger partial charge in [0.2, 0.25) is 5.91 Å². The van der Waals surface area contributed by atoms with Gasteiger partial charge in [0.15, 0.2) is 0 Å². The number of amides is 2. The Labute approximate surface area is 154 Å². The van der Waals surface area contributed by atoms with Crippen LogP contribution in [0.3, 0.4) is 0 Å². The largest absolute Gasteiger partial charge is 0.450 e. The number of benzene rings is 1. The third kappa shape index (κ3) is 6.55. The first kappa shape index (κ1) is 19.5. The maximum absolute atomic E-state index is 12.2. The summed E-state index contributed by atoms with van der Waals surface area (Å²) in [7, 11) is 1.91. The molecule has 0 spiro atoms. The lowest BCUT2D eigenvalue weighted by atomic mass is 10.1. The maximum Gasteiger partial charge on any atom is 0.409 e. The van der Waals surface area contributed by atoms with Crippen molar-refractivity contribution in [3.8, 4) is 0 Å². The van der Waals surface area contributed by atoms with E-state index in [2.05, 4.69) is 5.32 Å². The van der Waals surface area contributed by atoms with Gasteiger partial charge in [-0.25, -0.2) is 4.79 Å². The molecule has 0 unspecified atom stereocenters. The van der Waals surface area contributed by atoms with Crippen molar-refractivity contribution >= 4 is 23.6 Å². The highest BCUT2D eigenvalue weighted by atomic mass is 35.5. The molecule has 2 rings (SSSR count). The van der Waals surface area contributed by atoms with Gasteiger partial charge in [-0.15, -0.1) is 0 Å². The van der Waals surface area contributed by atoms with Crippen LogP contribution in [0.2, 0.25) is 5.02 Å². The van der Waals surface area contributed by atoms with E-state index in [4.69, 9.17) is 16.3 Å². The Kier molecular flexibility index (Phi) is 7.52. The van der Waals surface area contributed by atoms with Crippen molar-refractivity contribution in [2.75, 3.05) is 33.3 Å². The number of likely N-dealkylation sites (N-methyl/N-ethyl adjacent to an activating group) is 1. The fraction of sp³-hybridized carbons (Fsp3) is 0.556. The number of rotatable bonds is 6. The summed E-state index contributed by atoms with van der Waals surface area (Å²) in [6, 6.07) is 7.74. The molecule has 0 saturated carbocycles. The lowest BCUT2D eigenvalue weighted by Crippen LogP contribution is -2.48. The van der Waals surface area contributed by atoms with E-state index in [0.717, 1.165) is 18.4 Å². The van der Waals surface area contributed by atoms with Crippen molar-refractivity contribution in [1.82, 2.24) is 15.1 Å². The topological polar surface area (TPSA) is 61.9 Å². The van der Waals surface area contributed by atoms with E-state index in [0.29, 0.717) is 37.8 Å². The smallest absolute Gasteiger partial charge is 0.409 e. The average molecular weight is 368 g/mol. The number of hydrogen-bond acceptors (Lipinski definition) is 4. The first-order chi connectivity index (χ1) is 12.0. The van der Waals surface area contributed by atoms with Crippen molar-refractivity contribution in [1.29, 1.82) is 0 Å². The molecule has 6 nitrogen and oxygen atoms in total. The number of nitrogens with zero attached hydrogens (tertiary/aromatic N) is 2. The van der Waals surface area contributed by atoms with Crippen LogP contribution in [-0.4, -0.2) is 61.1 Å². The molecule has 2 amide bonds. The summed E-state index contributed by atoms with van der Waals surface area (Å²) in [6.07, 6.45) is 1.24. The number of nitrogens with one attached hydrogen (secondary N) is 1. The highest BCUT2D eigenvalue weighted by Crippen LogP contribution is 2.13. The van der Waals surface area contributed by atoms with Crippen LogP contribution in [0.1, 0.15) is 25.3 Å². The Bertz CT molecular complexity index is 589. The van der Waals surface area contributed by atoms with Crippen LogP contribution < -0.4 is 5.32 Å². The summed E-state index contributed by atoms with van der Waals surface area (Å²) >= 11 is 5.98. The van der Waals surface area contributed by atoms with Crippen LogP contribution in [0.15, 0.2) is 24.3 Å². The van der Waals surface area contributed by atoms with E-state index in [1.807, 2.05) is 36.2 Å². The Morgan fingerprint density at radius 2 is 2.08 bits per heavy atom. The predicted molar refractivity (Wildman–Crippen MR) is 97.5 cm³/mol. The molecule has 0 radical (unpaired) electrons. The molecule has 1 N–H and O–H groups in total. The monoisotopic (exact) mass is 367 g/mol. The number of carbonyl (C=O) groups excluding carboxylic acids is 2. The van der Waals surface area contributed by atoms with Crippen molar-refractivity contribution in [3.63, 3.8) is 0 Å². The first-order valence-electron chi connectivity index (χ1n) is 8.62. The van der Waals surface area contributed by atoms with Crippen LogP contribution in [-0.2, 0) is 16.1 Å². The molecule has 1 aliphatic heterocycles. The van der Waals surface area contributed by atoms with E-state index in [9.17, 15) is 9.59 Å². The Balaban J connectivity index is 1.71. The van der Waals surface area contributed by atoms with Gasteiger partial charge >= 0.3 is 6.09 Å². The van der Waals surface area contributed by atoms with Crippen molar-refractivity contribution in [2.45, 2.75) is 32.4 Å². The minimum Gasteiger partial charge on any atom is -0.450 e. The minimum absolute atomic E-state index is 0.000821. The second kappa shape index (κ2) is 9.63. The summed E-state index contributed by atoms with van der Waals surface area (Å²) in [5, 5.41) is 3.75. The van der Waals surface area contributed by atoms with Crippen LogP contribution in [0.4, 0.5) is 4.79 Å². The molecule has 0 atom stereocenters. The molecule has 1 heterocycles. The standard InChI is InChI=1S/C18H26ClN3O3/c1-3-25-18(24)22-9-7-16(8-10-22)20-17(23)13-21(2)12-14-5-4-6-15(19)11-14/h4-6,11,16H,3,7-10,12-13H2,1-2H3,(H,20,23). The summed E-state index contributed by atoms with van der Waals surface area (Å²) in [5.74, 6) is -0.000821. The molecule has 1 aromatic rings. The van der Waals surface area contributed by atoms with Crippen LogP contribution >= 0.6 is 11.6 Å². The number of ether oxygens (including phenoxy) is 1. The Morgan fingerprint density at radius 3 is 2.72 bits per heavy atom. The van der Waals surface area contributed by atoms with Gasteiger partial charge in [0.1, 0.15) is 0 Å². The van der Waals surface area contributed by atoms with E-state index < -0.39 is 0 Å². The van der Waals surface area contributed by atoms with Gasteiger partial charge in [-0.3, -0.25) is 9.69 Å². The van der Waals surface area contributed by atoms with E-state index in [1.165, 1.54) is 0 Å². The van der Waals surface area contributed by atoms with Gasteiger partial charge in [-0.2, -0.15) is 0 Å². The molecule has 25 heavy (non-hydrogen) atoms. The van der Waals surface area contributed by atoms with Gasteiger partial charge < -0.3 is 15.0 Å². The lowest BCUT2D eigenvalue weighted by molar-refractivity contribution is -0.123. The van der Waals surface area contributed by atoms with Gasteiger partial charge in [-0.1, -0.05) is 23.7 Å². The molecule has 1 fully saturated rings. The number of hydrogen-bond donors (Lipinski definition) is 1. The zero-order valence-corrected chi connectivity index (χ0v) is 15.6. The molecular weight excluding hydrogens is 342 g/mol. The second-order valence-electron chi connectivity index (χ2n) is 6.33. The van der Waals surface area contributed by atoms with Crippen molar-refractivity contribution < 1.29 is 14.3 Å². The molecule has 1 saturated heterocycles. The summed E-state index contributed by atoms with van der Waals surface area (Å²) in [5.41, 5.74) is 1.07. The fourth-order valence-corrected chi connectivity index (χ4v) is 3.16. The van der Waals surface area contributed by atoms with Gasteiger partial charge in [0.25, 0.3) is 0 Å².